The molecule has 1 saturated heterocycles. The molecule has 0 saturated carbocycles. The van der Waals surface area contributed by atoms with Crippen molar-refractivity contribution >= 4 is 5.91 Å². The molecule has 25 heavy (non-hydrogen) atoms. The number of carbonyl (C=O) groups is 1. The molecule has 0 bridgehead atoms. The van der Waals surface area contributed by atoms with Crippen LogP contribution < -0.4 is 5.32 Å². The van der Waals surface area contributed by atoms with Crippen LogP contribution in [0.25, 0.3) is 0 Å². The third-order valence-electron chi connectivity index (χ3n) is 4.17. The molecule has 1 aromatic rings. The van der Waals surface area contributed by atoms with Crippen LogP contribution in [0.5, 0.6) is 0 Å². The highest BCUT2D eigenvalue weighted by atomic mass is 16.5. The average molecular weight is 344 g/mol. The summed E-state index contributed by atoms with van der Waals surface area (Å²) in [6, 6.07) is 7.18. The van der Waals surface area contributed by atoms with Crippen molar-refractivity contribution in [2.75, 3.05) is 39.9 Å². The van der Waals surface area contributed by atoms with Crippen LogP contribution in [-0.4, -0.2) is 61.4 Å². The molecule has 1 atom stereocenters. The zero-order valence-corrected chi connectivity index (χ0v) is 15.3. The summed E-state index contributed by atoms with van der Waals surface area (Å²) in [6.45, 7) is 7.71. The maximum atomic E-state index is 12.4. The second-order valence-corrected chi connectivity index (χ2v) is 7.05. The van der Waals surface area contributed by atoms with Crippen LogP contribution in [0.15, 0.2) is 24.3 Å². The lowest BCUT2D eigenvalue weighted by molar-refractivity contribution is 0.0946. The molecule has 1 unspecified atom stereocenters. The Bertz CT molecular complexity index is 640. The zero-order chi connectivity index (χ0) is 18.3. The van der Waals surface area contributed by atoms with Gasteiger partial charge in [0.2, 0.25) is 0 Å². The lowest BCUT2D eigenvalue weighted by Crippen LogP contribution is -2.31. The first-order chi connectivity index (χ1) is 11.9. The molecule has 2 N–H and O–H groups in total. The lowest BCUT2D eigenvalue weighted by Gasteiger charge is -2.15. The van der Waals surface area contributed by atoms with Crippen molar-refractivity contribution in [2.45, 2.75) is 25.9 Å². The van der Waals surface area contributed by atoms with Gasteiger partial charge < -0.3 is 20.1 Å². The van der Waals surface area contributed by atoms with Gasteiger partial charge in [0.05, 0.1) is 6.61 Å². The molecule has 1 heterocycles. The molecule has 0 spiro atoms. The first kappa shape index (κ1) is 19.5. The van der Waals surface area contributed by atoms with Crippen molar-refractivity contribution in [2.24, 2.45) is 5.92 Å². The molecule has 1 aromatic carbocycles. The number of nitrogens with zero attached hydrogens (tertiary/aromatic N) is 1. The molecule has 0 radical (unpaired) electrons. The van der Waals surface area contributed by atoms with Crippen LogP contribution in [-0.2, 0) is 4.74 Å². The molecule has 0 aromatic heterocycles. The molecular weight excluding hydrogens is 316 g/mol. The molecule has 1 aliphatic rings. The van der Waals surface area contributed by atoms with E-state index in [-0.39, 0.29) is 5.91 Å². The first-order valence-corrected chi connectivity index (χ1v) is 8.72. The van der Waals surface area contributed by atoms with Gasteiger partial charge in [-0.25, -0.2) is 0 Å². The highest BCUT2D eigenvalue weighted by Gasteiger charge is 2.22. The molecule has 1 aliphatic heterocycles. The summed E-state index contributed by atoms with van der Waals surface area (Å²) >= 11 is 0. The van der Waals surface area contributed by atoms with E-state index in [1.807, 2.05) is 12.1 Å². The SMILES string of the molecule is COCCN1CCC(CNC(=O)c2cccc(C#CC(C)(C)O)c2)C1. The largest absolute Gasteiger partial charge is 0.383 e. The monoisotopic (exact) mass is 344 g/mol. The Hall–Kier alpha value is -1.87. The number of methoxy groups -OCH3 is 1. The summed E-state index contributed by atoms with van der Waals surface area (Å²) in [5, 5.41) is 12.7. The number of amides is 1. The van der Waals surface area contributed by atoms with Gasteiger partial charge in [0.15, 0.2) is 0 Å². The van der Waals surface area contributed by atoms with E-state index in [2.05, 4.69) is 22.1 Å². The number of likely N-dealkylation sites (tertiary alicyclic amines) is 1. The van der Waals surface area contributed by atoms with E-state index in [0.717, 1.165) is 38.2 Å². The van der Waals surface area contributed by atoms with Crippen molar-refractivity contribution in [3.05, 3.63) is 35.4 Å². The van der Waals surface area contributed by atoms with Crippen LogP contribution >= 0.6 is 0 Å². The number of nitrogens with one attached hydrogen (secondary N) is 1. The normalized spacial score (nSPS) is 17.8. The lowest BCUT2D eigenvalue weighted by atomic mass is 10.1. The van der Waals surface area contributed by atoms with Crippen LogP contribution in [0.3, 0.4) is 0 Å². The summed E-state index contributed by atoms with van der Waals surface area (Å²) in [7, 11) is 1.72. The van der Waals surface area contributed by atoms with Gasteiger partial charge in [0, 0.05) is 37.9 Å². The van der Waals surface area contributed by atoms with Crippen LogP contribution in [0.2, 0.25) is 0 Å². The van der Waals surface area contributed by atoms with Gasteiger partial charge in [0.1, 0.15) is 5.60 Å². The minimum absolute atomic E-state index is 0.0812. The minimum atomic E-state index is -1.05. The van der Waals surface area contributed by atoms with Crippen molar-refractivity contribution < 1.29 is 14.6 Å². The average Bonchev–Trinajstić information content (AvgIpc) is 3.03. The predicted molar refractivity (Wildman–Crippen MR) is 98.4 cm³/mol. The van der Waals surface area contributed by atoms with E-state index in [1.54, 1.807) is 33.1 Å². The number of hydrogen-bond donors (Lipinski definition) is 2. The Kier molecular flexibility index (Phi) is 7.01. The number of hydrogen-bond acceptors (Lipinski definition) is 4. The van der Waals surface area contributed by atoms with E-state index in [9.17, 15) is 9.90 Å². The van der Waals surface area contributed by atoms with Crippen molar-refractivity contribution in [1.82, 2.24) is 10.2 Å². The fourth-order valence-corrected chi connectivity index (χ4v) is 2.81. The third kappa shape index (κ3) is 6.87. The van der Waals surface area contributed by atoms with Crippen LogP contribution in [0, 0.1) is 17.8 Å². The smallest absolute Gasteiger partial charge is 0.251 e. The van der Waals surface area contributed by atoms with Crippen molar-refractivity contribution in [3.63, 3.8) is 0 Å². The number of ether oxygens (including phenoxy) is 1. The van der Waals surface area contributed by atoms with Gasteiger partial charge in [-0.15, -0.1) is 0 Å². The highest BCUT2D eigenvalue weighted by molar-refractivity contribution is 5.94. The minimum Gasteiger partial charge on any atom is -0.383 e. The van der Waals surface area contributed by atoms with Gasteiger partial charge >= 0.3 is 0 Å². The van der Waals surface area contributed by atoms with Crippen molar-refractivity contribution in [1.29, 1.82) is 0 Å². The molecule has 1 fully saturated rings. The van der Waals surface area contributed by atoms with E-state index in [4.69, 9.17) is 4.74 Å². The van der Waals surface area contributed by atoms with Gasteiger partial charge in [-0.2, -0.15) is 0 Å². The second-order valence-electron chi connectivity index (χ2n) is 7.05. The predicted octanol–water partition coefficient (Wildman–Crippen LogP) is 1.51. The third-order valence-corrected chi connectivity index (χ3v) is 4.17. The summed E-state index contributed by atoms with van der Waals surface area (Å²) in [5.74, 6) is 6.07. The van der Waals surface area contributed by atoms with Gasteiger partial charge in [0.25, 0.3) is 5.91 Å². The van der Waals surface area contributed by atoms with E-state index >= 15 is 0 Å². The van der Waals surface area contributed by atoms with E-state index in [1.165, 1.54) is 0 Å². The standard InChI is InChI=1S/C20H28N2O3/c1-20(2,24)9-7-16-5-4-6-18(13-16)19(23)21-14-17-8-10-22(15-17)11-12-25-3/h4-6,13,17,24H,8,10-12,14-15H2,1-3H3,(H,21,23). The summed E-state index contributed by atoms with van der Waals surface area (Å²) in [5.41, 5.74) is 0.272. The summed E-state index contributed by atoms with van der Waals surface area (Å²) < 4.78 is 5.11. The number of rotatable bonds is 6. The molecule has 5 heteroatoms. The van der Waals surface area contributed by atoms with Crippen LogP contribution in [0.4, 0.5) is 0 Å². The van der Waals surface area contributed by atoms with Gasteiger partial charge in [-0.05, 0) is 50.9 Å². The Morgan fingerprint density at radius 1 is 1.48 bits per heavy atom. The number of benzene rings is 1. The highest BCUT2D eigenvalue weighted by Crippen LogP contribution is 2.15. The first-order valence-electron chi connectivity index (χ1n) is 8.72. The Balaban J connectivity index is 1.86. The molecule has 1 amide bonds. The van der Waals surface area contributed by atoms with E-state index < -0.39 is 5.60 Å². The maximum absolute atomic E-state index is 12.4. The van der Waals surface area contributed by atoms with Crippen LogP contribution in [0.1, 0.15) is 36.2 Å². The van der Waals surface area contributed by atoms with Crippen molar-refractivity contribution in [3.8, 4) is 11.8 Å². The molecule has 136 valence electrons. The Morgan fingerprint density at radius 2 is 2.28 bits per heavy atom. The summed E-state index contributed by atoms with van der Waals surface area (Å²) in [6.07, 6.45) is 1.10. The van der Waals surface area contributed by atoms with E-state index in [0.29, 0.717) is 18.0 Å². The number of aliphatic hydroxyl groups is 1. The molecule has 2 rings (SSSR count). The Labute approximate surface area is 150 Å². The number of carbonyl (C=O) groups excluding carboxylic acids is 1. The van der Waals surface area contributed by atoms with Gasteiger partial charge in [-0.3, -0.25) is 4.79 Å². The molecule has 5 nitrogen and oxygen atoms in total. The fourth-order valence-electron chi connectivity index (χ4n) is 2.81. The summed E-state index contributed by atoms with van der Waals surface area (Å²) in [4.78, 5) is 14.7. The zero-order valence-electron chi connectivity index (χ0n) is 15.3. The molecule has 0 aliphatic carbocycles. The second kappa shape index (κ2) is 9.00. The topological polar surface area (TPSA) is 61.8 Å². The maximum Gasteiger partial charge on any atom is 0.251 e. The quantitative estimate of drug-likeness (QED) is 0.768. The Morgan fingerprint density at radius 3 is 3.00 bits per heavy atom. The molecular formula is C20H28N2O3. The van der Waals surface area contributed by atoms with Gasteiger partial charge in [-0.1, -0.05) is 17.9 Å². The fraction of sp³-hybridized carbons (Fsp3) is 0.550.